The third kappa shape index (κ3) is 4.93. The molecular formula is C32H25N7OS. The molecule has 0 atom stereocenters. The number of para-hydroxylation sites is 1. The molecule has 0 aliphatic rings. The summed E-state index contributed by atoms with van der Waals surface area (Å²) >= 11 is 1.48. The van der Waals surface area contributed by atoms with Crippen LogP contribution in [0.2, 0.25) is 0 Å². The van der Waals surface area contributed by atoms with E-state index in [9.17, 15) is 4.79 Å². The molecule has 41 heavy (non-hydrogen) atoms. The Labute approximate surface area is 239 Å². The summed E-state index contributed by atoms with van der Waals surface area (Å²) in [5.41, 5.74) is 8.36. The molecule has 0 unspecified atom stereocenters. The van der Waals surface area contributed by atoms with Crippen molar-refractivity contribution in [3.63, 3.8) is 0 Å². The molecule has 2 aromatic carbocycles. The average molecular weight is 556 g/mol. The standard InChI is InChI=1S/C32H25N7OS/c1-19(40)27-10-11-28(41-27)24-8-5-9-26-29(24)37-32(36-26)30-25-13-23(18-35-31(25)39-38-30)22-12-21(16-34-17-22)15-33-14-20-6-3-2-4-7-20/h2-13,16-18,33H,14-15H2,1H3,(H,36,37)(H,35,38,39). The van der Waals surface area contributed by atoms with Crippen molar-refractivity contribution < 1.29 is 4.79 Å². The van der Waals surface area contributed by atoms with Crippen molar-refractivity contribution in [2.24, 2.45) is 0 Å². The highest BCUT2D eigenvalue weighted by Gasteiger charge is 2.17. The number of fused-ring (bicyclic) bond motifs is 2. The van der Waals surface area contributed by atoms with Gasteiger partial charge in [-0.15, -0.1) is 11.3 Å². The Balaban J connectivity index is 1.19. The van der Waals surface area contributed by atoms with Crippen molar-refractivity contribution in [3.05, 3.63) is 107 Å². The van der Waals surface area contributed by atoms with E-state index in [1.54, 1.807) is 6.92 Å². The lowest BCUT2D eigenvalue weighted by Gasteiger charge is -2.07. The van der Waals surface area contributed by atoms with Crippen molar-refractivity contribution in [1.82, 2.24) is 35.5 Å². The Kier molecular flexibility index (Phi) is 6.42. The number of thiophene rings is 1. The predicted molar refractivity (Wildman–Crippen MR) is 163 cm³/mol. The number of hydrogen-bond donors (Lipinski definition) is 3. The number of rotatable bonds is 8. The zero-order valence-corrected chi connectivity index (χ0v) is 23.0. The maximum Gasteiger partial charge on any atom is 0.169 e. The lowest BCUT2D eigenvalue weighted by molar-refractivity contribution is 0.102. The number of aromatic nitrogens is 6. The van der Waals surface area contributed by atoms with Crippen LogP contribution in [0.3, 0.4) is 0 Å². The van der Waals surface area contributed by atoms with E-state index in [1.165, 1.54) is 16.9 Å². The molecule has 0 saturated heterocycles. The van der Waals surface area contributed by atoms with Crippen LogP contribution in [0.1, 0.15) is 27.7 Å². The van der Waals surface area contributed by atoms with Crippen LogP contribution in [0.25, 0.3) is 55.2 Å². The number of imidazole rings is 1. The number of nitrogens with one attached hydrogen (secondary N) is 3. The first-order chi connectivity index (χ1) is 20.1. The number of H-pyrrole nitrogens is 2. The van der Waals surface area contributed by atoms with Gasteiger partial charge in [-0.25, -0.2) is 9.97 Å². The van der Waals surface area contributed by atoms with E-state index in [0.717, 1.165) is 55.0 Å². The number of Topliss-reactive ketones (excluding diaryl/α,β-unsaturated/α-hetero) is 1. The minimum absolute atomic E-state index is 0.0617. The molecule has 7 aromatic rings. The predicted octanol–water partition coefficient (Wildman–Crippen LogP) is 6.78. The fraction of sp³-hybridized carbons (Fsp3) is 0.0938. The molecule has 0 fully saturated rings. The summed E-state index contributed by atoms with van der Waals surface area (Å²) in [6.07, 6.45) is 5.57. The number of nitrogens with zero attached hydrogens (tertiary/aromatic N) is 4. The number of carbonyl (C=O) groups is 1. The number of pyridine rings is 2. The lowest BCUT2D eigenvalue weighted by Crippen LogP contribution is -2.12. The van der Waals surface area contributed by atoms with Crippen LogP contribution >= 0.6 is 11.3 Å². The van der Waals surface area contributed by atoms with Crippen molar-refractivity contribution >= 4 is 39.2 Å². The number of ketones is 1. The number of benzene rings is 2. The first kappa shape index (κ1) is 25.0. The van der Waals surface area contributed by atoms with Crippen molar-refractivity contribution in [3.8, 4) is 33.1 Å². The monoisotopic (exact) mass is 555 g/mol. The van der Waals surface area contributed by atoms with E-state index in [-0.39, 0.29) is 5.78 Å². The fourth-order valence-electron chi connectivity index (χ4n) is 4.95. The van der Waals surface area contributed by atoms with E-state index in [2.05, 4.69) is 54.7 Å². The fourth-order valence-corrected chi connectivity index (χ4v) is 5.87. The smallest absolute Gasteiger partial charge is 0.169 e. The van der Waals surface area contributed by atoms with Gasteiger partial charge in [0, 0.05) is 53.2 Å². The first-order valence-electron chi connectivity index (χ1n) is 13.3. The quantitative estimate of drug-likeness (QED) is 0.178. The van der Waals surface area contributed by atoms with Crippen LogP contribution in [0.5, 0.6) is 0 Å². The molecule has 5 aromatic heterocycles. The highest BCUT2D eigenvalue weighted by Crippen LogP contribution is 2.35. The molecule has 0 radical (unpaired) electrons. The summed E-state index contributed by atoms with van der Waals surface area (Å²) in [6, 6.07) is 24.4. The van der Waals surface area contributed by atoms with Gasteiger partial charge in [-0.1, -0.05) is 42.5 Å². The lowest BCUT2D eigenvalue weighted by atomic mass is 10.1. The Hall–Kier alpha value is -4.99. The highest BCUT2D eigenvalue weighted by atomic mass is 32.1. The second-order valence-corrected chi connectivity index (χ2v) is 11.0. The zero-order chi connectivity index (χ0) is 27.8. The molecule has 0 bridgehead atoms. The molecule has 3 N–H and O–H groups in total. The second-order valence-electron chi connectivity index (χ2n) is 9.87. The van der Waals surface area contributed by atoms with Gasteiger partial charge >= 0.3 is 0 Å². The molecule has 5 heterocycles. The number of hydrogen-bond acceptors (Lipinski definition) is 7. The SMILES string of the molecule is CC(=O)c1ccc(-c2cccc3[nH]c(-c4n[nH]c5ncc(-c6cncc(CNCc7ccccc7)c6)cc45)nc23)s1. The first-order valence-corrected chi connectivity index (χ1v) is 14.1. The molecule has 0 saturated carbocycles. The summed E-state index contributed by atoms with van der Waals surface area (Å²) < 4.78 is 0. The van der Waals surface area contributed by atoms with Gasteiger partial charge < -0.3 is 10.3 Å². The van der Waals surface area contributed by atoms with Crippen molar-refractivity contribution in [2.45, 2.75) is 20.0 Å². The van der Waals surface area contributed by atoms with Gasteiger partial charge in [-0.2, -0.15) is 5.10 Å². The third-order valence-corrected chi connectivity index (χ3v) is 8.22. The Morgan fingerprint density at radius 1 is 0.902 bits per heavy atom. The molecule has 7 rings (SSSR count). The van der Waals surface area contributed by atoms with Gasteiger partial charge in [-0.05, 0) is 48.4 Å². The molecule has 0 aliphatic carbocycles. The highest BCUT2D eigenvalue weighted by molar-refractivity contribution is 7.17. The summed E-state index contributed by atoms with van der Waals surface area (Å²) in [6.45, 7) is 3.09. The molecule has 0 aliphatic heterocycles. The van der Waals surface area contributed by atoms with Crippen LogP contribution in [0, 0.1) is 0 Å². The Morgan fingerprint density at radius 2 is 1.76 bits per heavy atom. The molecular weight excluding hydrogens is 530 g/mol. The van der Waals surface area contributed by atoms with Gasteiger partial charge in [0.25, 0.3) is 0 Å². The normalized spacial score (nSPS) is 11.4. The Bertz CT molecular complexity index is 2020. The van der Waals surface area contributed by atoms with E-state index in [1.807, 2.05) is 67.1 Å². The molecule has 8 nitrogen and oxygen atoms in total. The average Bonchev–Trinajstić information content (AvgIpc) is 3.76. The topological polar surface area (TPSA) is 112 Å². The third-order valence-electron chi connectivity index (χ3n) is 7.00. The number of aromatic amines is 2. The zero-order valence-electron chi connectivity index (χ0n) is 22.2. The van der Waals surface area contributed by atoms with Crippen LogP contribution in [0.4, 0.5) is 0 Å². The molecule has 0 spiro atoms. The van der Waals surface area contributed by atoms with Crippen LogP contribution in [-0.2, 0) is 13.1 Å². The van der Waals surface area contributed by atoms with E-state index in [4.69, 9.17) is 4.98 Å². The summed E-state index contributed by atoms with van der Waals surface area (Å²) in [5, 5.41) is 12.0. The molecule has 9 heteroatoms. The van der Waals surface area contributed by atoms with Gasteiger partial charge in [0.05, 0.1) is 21.3 Å². The maximum atomic E-state index is 11.9. The van der Waals surface area contributed by atoms with Crippen LogP contribution in [-0.4, -0.2) is 35.9 Å². The second kappa shape index (κ2) is 10.5. The van der Waals surface area contributed by atoms with Crippen molar-refractivity contribution in [2.75, 3.05) is 0 Å². The van der Waals surface area contributed by atoms with E-state index < -0.39 is 0 Å². The maximum absolute atomic E-state index is 11.9. The summed E-state index contributed by atoms with van der Waals surface area (Å²) in [4.78, 5) is 31.1. The van der Waals surface area contributed by atoms with Gasteiger partial charge in [-0.3, -0.25) is 14.9 Å². The van der Waals surface area contributed by atoms with Gasteiger partial charge in [0.15, 0.2) is 17.3 Å². The minimum Gasteiger partial charge on any atom is -0.337 e. The summed E-state index contributed by atoms with van der Waals surface area (Å²) in [5.74, 6) is 0.713. The summed E-state index contributed by atoms with van der Waals surface area (Å²) in [7, 11) is 0. The van der Waals surface area contributed by atoms with Crippen LogP contribution in [0.15, 0.2) is 91.4 Å². The van der Waals surface area contributed by atoms with E-state index in [0.29, 0.717) is 23.7 Å². The largest absolute Gasteiger partial charge is 0.337 e. The minimum atomic E-state index is 0.0617. The van der Waals surface area contributed by atoms with E-state index >= 15 is 0 Å². The molecule has 200 valence electrons. The molecule has 0 amide bonds. The Morgan fingerprint density at radius 3 is 2.61 bits per heavy atom. The number of carbonyl (C=O) groups excluding carboxylic acids is 1. The van der Waals surface area contributed by atoms with Gasteiger partial charge in [0.1, 0.15) is 5.69 Å². The van der Waals surface area contributed by atoms with Gasteiger partial charge in [0.2, 0.25) is 0 Å². The van der Waals surface area contributed by atoms with Crippen molar-refractivity contribution in [1.29, 1.82) is 0 Å². The van der Waals surface area contributed by atoms with Crippen LogP contribution < -0.4 is 5.32 Å².